The number of ether oxygens (including phenoxy) is 1. The molecule has 0 bridgehead atoms. The summed E-state index contributed by atoms with van der Waals surface area (Å²) in [7, 11) is 0. The van der Waals surface area contributed by atoms with E-state index >= 15 is 0 Å². The Labute approximate surface area is 186 Å². The second kappa shape index (κ2) is 8.45. The van der Waals surface area contributed by atoms with Gasteiger partial charge in [0.2, 0.25) is 0 Å². The summed E-state index contributed by atoms with van der Waals surface area (Å²) < 4.78 is 5.62. The molecule has 3 aromatic carbocycles. The second-order valence-electron chi connectivity index (χ2n) is 8.44. The van der Waals surface area contributed by atoms with E-state index in [0.29, 0.717) is 42.2 Å². The molecule has 5 heteroatoms. The van der Waals surface area contributed by atoms with Gasteiger partial charge in [0.1, 0.15) is 5.75 Å². The molecule has 0 amide bonds. The molecule has 2 aliphatic rings. The predicted octanol–water partition coefficient (Wildman–Crippen LogP) is 5.52. The number of halogens is 1. The van der Waals surface area contributed by atoms with Gasteiger partial charge in [-0.3, -0.25) is 9.59 Å². The largest absolute Gasteiger partial charge is 0.492 e. The molecule has 0 saturated carbocycles. The number of hydrogen-bond acceptors (Lipinski definition) is 4. The van der Waals surface area contributed by atoms with Gasteiger partial charge in [-0.25, -0.2) is 0 Å². The number of ketones is 2. The summed E-state index contributed by atoms with van der Waals surface area (Å²) in [6, 6.07) is 17.6. The van der Waals surface area contributed by atoms with Crippen molar-refractivity contribution in [3.8, 4) is 5.75 Å². The molecule has 0 aromatic heterocycles. The van der Waals surface area contributed by atoms with Crippen molar-refractivity contribution in [2.75, 3.05) is 26.2 Å². The quantitative estimate of drug-likeness (QED) is 0.497. The van der Waals surface area contributed by atoms with E-state index in [-0.39, 0.29) is 11.6 Å². The average molecular weight is 434 g/mol. The van der Waals surface area contributed by atoms with Crippen LogP contribution in [0.25, 0.3) is 10.8 Å². The fourth-order valence-corrected chi connectivity index (χ4v) is 4.75. The Morgan fingerprint density at radius 1 is 1.06 bits per heavy atom. The fraction of sp³-hybridized carbons (Fsp3) is 0.308. The van der Waals surface area contributed by atoms with Gasteiger partial charge in [0.25, 0.3) is 0 Å². The van der Waals surface area contributed by atoms with Gasteiger partial charge in [-0.2, -0.15) is 0 Å². The molecular weight excluding hydrogens is 410 g/mol. The summed E-state index contributed by atoms with van der Waals surface area (Å²) in [5, 5.41) is 2.65. The topological polar surface area (TPSA) is 46.6 Å². The Morgan fingerprint density at radius 2 is 1.90 bits per heavy atom. The second-order valence-corrected chi connectivity index (χ2v) is 8.88. The Kier molecular flexibility index (Phi) is 5.51. The first-order valence-electron chi connectivity index (χ1n) is 10.8. The van der Waals surface area contributed by atoms with Crippen LogP contribution in [-0.4, -0.2) is 42.7 Å². The molecule has 3 aromatic rings. The SMILES string of the molecule is O=C(CCN1CCC(c2ccc(Cl)cc2)C1)c1ccc2cc3c(cc2c1)C(=O)CCO3. The van der Waals surface area contributed by atoms with Crippen molar-refractivity contribution >= 4 is 33.9 Å². The minimum atomic E-state index is 0.101. The number of Topliss-reactive ketones (excluding diaryl/α,β-unsaturated/α-hetero) is 2. The molecule has 1 saturated heterocycles. The third-order valence-electron chi connectivity index (χ3n) is 6.42. The molecule has 2 heterocycles. The monoisotopic (exact) mass is 433 g/mol. The number of hydrogen-bond donors (Lipinski definition) is 0. The van der Waals surface area contributed by atoms with E-state index in [4.69, 9.17) is 16.3 Å². The van der Waals surface area contributed by atoms with E-state index in [1.54, 1.807) is 0 Å². The zero-order valence-electron chi connectivity index (χ0n) is 17.3. The van der Waals surface area contributed by atoms with Crippen LogP contribution in [0.3, 0.4) is 0 Å². The summed E-state index contributed by atoms with van der Waals surface area (Å²) in [6.07, 6.45) is 2.00. The highest BCUT2D eigenvalue weighted by Crippen LogP contribution is 2.31. The summed E-state index contributed by atoms with van der Waals surface area (Å²) in [5.74, 6) is 1.38. The zero-order chi connectivity index (χ0) is 21.4. The van der Waals surface area contributed by atoms with Crippen molar-refractivity contribution < 1.29 is 14.3 Å². The van der Waals surface area contributed by atoms with Gasteiger partial charge in [0.05, 0.1) is 12.2 Å². The maximum Gasteiger partial charge on any atom is 0.170 e. The van der Waals surface area contributed by atoms with Gasteiger partial charge in [0, 0.05) is 36.5 Å². The smallest absolute Gasteiger partial charge is 0.170 e. The third-order valence-corrected chi connectivity index (χ3v) is 6.67. The summed E-state index contributed by atoms with van der Waals surface area (Å²) >= 11 is 6.00. The van der Waals surface area contributed by atoms with E-state index in [0.717, 1.165) is 41.9 Å². The van der Waals surface area contributed by atoms with Gasteiger partial charge in [0.15, 0.2) is 11.6 Å². The lowest BCUT2D eigenvalue weighted by molar-refractivity contribution is 0.0932. The first-order valence-corrected chi connectivity index (χ1v) is 11.2. The minimum absolute atomic E-state index is 0.101. The summed E-state index contributed by atoms with van der Waals surface area (Å²) in [6.45, 7) is 3.17. The first kappa shape index (κ1) is 20.2. The molecule has 5 rings (SSSR count). The lowest BCUT2D eigenvalue weighted by Crippen LogP contribution is -2.23. The van der Waals surface area contributed by atoms with Crippen LogP contribution < -0.4 is 4.74 Å². The van der Waals surface area contributed by atoms with Gasteiger partial charge >= 0.3 is 0 Å². The van der Waals surface area contributed by atoms with E-state index < -0.39 is 0 Å². The lowest BCUT2D eigenvalue weighted by Gasteiger charge is -2.17. The normalized spacial score (nSPS) is 18.7. The third kappa shape index (κ3) is 4.23. The highest BCUT2D eigenvalue weighted by molar-refractivity contribution is 6.30. The van der Waals surface area contributed by atoms with Crippen molar-refractivity contribution in [3.63, 3.8) is 0 Å². The van der Waals surface area contributed by atoms with E-state index in [1.807, 2.05) is 42.5 Å². The van der Waals surface area contributed by atoms with E-state index in [2.05, 4.69) is 17.0 Å². The van der Waals surface area contributed by atoms with E-state index in [9.17, 15) is 9.59 Å². The maximum atomic E-state index is 12.9. The van der Waals surface area contributed by atoms with Crippen LogP contribution in [0.2, 0.25) is 5.02 Å². The molecule has 0 N–H and O–H groups in total. The summed E-state index contributed by atoms with van der Waals surface area (Å²) in [5.41, 5.74) is 2.63. The first-order chi connectivity index (χ1) is 15.1. The summed E-state index contributed by atoms with van der Waals surface area (Å²) in [4.78, 5) is 27.4. The Balaban J connectivity index is 1.24. The van der Waals surface area contributed by atoms with Gasteiger partial charge in [-0.1, -0.05) is 35.9 Å². The molecule has 1 atom stereocenters. The number of benzene rings is 3. The number of nitrogens with zero attached hydrogens (tertiary/aromatic N) is 1. The molecule has 0 radical (unpaired) electrons. The zero-order valence-corrected chi connectivity index (χ0v) is 18.0. The van der Waals surface area contributed by atoms with Crippen LogP contribution >= 0.6 is 11.6 Å². The molecule has 31 heavy (non-hydrogen) atoms. The predicted molar refractivity (Wildman–Crippen MR) is 123 cm³/mol. The Morgan fingerprint density at radius 3 is 2.74 bits per heavy atom. The van der Waals surface area contributed by atoms with Crippen LogP contribution in [0.1, 0.15) is 51.5 Å². The molecule has 1 fully saturated rings. The molecule has 0 aliphatic carbocycles. The van der Waals surface area contributed by atoms with Crippen LogP contribution in [0.5, 0.6) is 5.75 Å². The molecule has 1 unspecified atom stereocenters. The number of likely N-dealkylation sites (tertiary alicyclic amines) is 1. The highest BCUT2D eigenvalue weighted by Gasteiger charge is 2.24. The number of carbonyl (C=O) groups is 2. The average Bonchev–Trinajstić information content (AvgIpc) is 3.26. The van der Waals surface area contributed by atoms with Crippen molar-refractivity contribution in [2.24, 2.45) is 0 Å². The molecular formula is C26H24ClNO3. The molecule has 158 valence electrons. The van der Waals surface area contributed by atoms with Crippen LogP contribution in [0.4, 0.5) is 0 Å². The van der Waals surface area contributed by atoms with Crippen LogP contribution in [0, 0.1) is 0 Å². The lowest BCUT2D eigenvalue weighted by atomic mass is 9.97. The Hall–Kier alpha value is -2.69. The maximum absolute atomic E-state index is 12.9. The number of fused-ring (bicyclic) bond motifs is 2. The molecule has 0 spiro atoms. The van der Waals surface area contributed by atoms with Crippen LogP contribution in [-0.2, 0) is 0 Å². The highest BCUT2D eigenvalue weighted by atomic mass is 35.5. The van der Waals surface area contributed by atoms with E-state index in [1.165, 1.54) is 5.56 Å². The minimum Gasteiger partial charge on any atom is -0.492 e. The molecule has 4 nitrogen and oxygen atoms in total. The van der Waals surface area contributed by atoms with Crippen molar-refractivity contribution in [3.05, 3.63) is 76.3 Å². The van der Waals surface area contributed by atoms with Crippen molar-refractivity contribution in [2.45, 2.75) is 25.2 Å². The Bertz CT molecular complexity index is 1160. The van der Waals surface area contributed by atoms with Gasteiger partial charge in [-0.05, 0) is 65.6 Å². The van der Waals surface area contributed by atoms with Crippen LogP contribution in [0.15, 0.2) is 54.6 Å². The van der Waals surface area contributed by atoms with Gasteiger partial charge < -0.3 is 9.64 Å². The number of carbonyl (C=O) groups excluding carboxylic acids is 2. The number of rotatable bonds is 5. The van der Waals surface area contributed by atoms with Crippen molar-refractivity contribution in [1.82, 2.24) is 4.90 Å². The fourth-order valence-electron chi connectivity index (χ4n) is 4.62. The van der Waals surface area contributed by atoms with Crippen molar-refractivity contribution in [1.29, 1.82) is 0 Å². The molecule has 2 aliphatic heterocycles. The standard InChI is InChI=1S/C26H24ClNO3/c27-22-5-3-17(4-6-22)20-7-10-28(16-20)11-8-24(29)19-2-1-18-15-26-23(14-21(18)13-19)25(30)9-12-31-26/h1-6,13-15,20H,7-12,16H2. The van der Waals surface area contributed by atoms with Gasteiger partial charge in [-0.15, -0.1) is 0 Å².